The molecule has 0 bridgehead atoms. The zero-order valence-corrected chi connectivity index (χ0v) is 29.8. The minimum absolute atomic E-state index is 0.152. The molecule has 3 N–H and O–H groups in total. The highest BCUT2D eigenvalue weighted by molar-refractivity contribution is 7.99. The molecule has 2 fully saturated rings. The molecular formula is C34H63ClN2O6S. The molecule has 0 aromatic carbocycles. The van der Waals surface area contributed by atoms with E-state index in [-0.39, 0.29) is 18.4 Å². The van der Waals surface area contributed by atoms with Crippen LogP contribution in [0.3, 0.4) is 0 Å². The van der Waals surface area contributed by atoms with Crippen molar-refractivity contribution in [1.29, 1.82) is 0 Å². The van der Waals surface area contributed by atoms with Gasteiger partial charge in [0.2, 0.25) is 5.91 Å². The van der Waals surface area contributed by atoms with Crippen LogP contribution in [0.4, 0.5) is 0 Å². The Bertz CT molecular complexity index is 806. The number of ether oxygens (including phenoxy) is 2. The minimum Gasteiger partial charge on any atom is -0.456 e. The van der Waals surface area contributed by atoms with Gasteiger partial charge in [0.1, 0.15) is 23.7 Å². The summed E-state index contributed by atoms with van der Waals surface area (Å²) in [5.41, 5.74) is -0.702. The van der Waals surface area contributed by atoms with Gasteiger partial charge in [0.25, 0.3) is 0 Å². The first-order valence-corrected chi connectivity index (χ1v) is 19.2. The van der Waals surface area contributed by atoms with Gasteiger partial charge in [0.15, 0.2) is 6.10 Å². The van der Waals surface area contributed by atoms with Crippen molar-refractivity contribution in [3.05, 3.63) is 0 Å². The van der Waals surface area contributed by atoms with E-state index in [1.807, 2.05) is 7.05 Å². The van der Waals surface area contributed by atoms with E-state index in [0.29, 0.717) is 5.92 Å². The van der Waals surface area contributed by atoms with Crippen LogP contribution in [0, 0.1) is 5.92 Å². The second-order valence-corrected chi connectivity index (χ2v) is 14.8. The molecule has 0 radical (unpaired) electrons. The van der Waals surface area contributed by atoms with Crippen molar-refractivity contribution < 1.29 is 29.3 Å². The number of thioether (sulfide) groups is 1. The zero-order chi connectivity index (χ0) is 32.5. The number of likely N-dealkylation sites (tertiary alicyclic amines) is 1. The molecule has 1 amide bonds. The SMILES string of the molecule is CCCCCCCCCCCCCCCC(=O)O[C@@H]1[C@@H](O)[C@@H](O)C(C(NC(=O)[C@@H]2CC(CCC)CN2C)C(C)Cl)O[C@@H]1SC. The number of likely N-dealkylation sites (N-methyl/N-ethyl adjacent to an activating group) is 1. The average Bonchev–Trinajstić information content (AvgIpc) is 3.36. The fraction of sp³-hybridized carbons (Fsp3) is 0.941. The maximum atomic E-state index is 13.3. The number of hydrogen-bond donors (Lipinski definition) is 3. The normalized spacial score (nSPS) is 29.0. The summed E-state index contributed by atoms with van der Waals surface area (Å²) in [6.07, 6.45) is 16.3. The van der Waals surface area contributed by atoms with Crippen LogP contribution in [0.5, 0.6) is 0 Å². The van der Waals surface area contributed by atoms with Crippen molar-refractivity contribution in [1.82, 2.24) is 10.2 Å². The Hall–Kier alpha value is -0.580. The third kappa shape index (κ3) is 13.3. The number of unbranched alkanes of at least 4 members (excludes halogenated alkanes) is 12. The van der Waals surface area contributed by atoms with Gasteiger partial charge in [-0.1, -0.05) is 97.3 Å². The highest BCUT2D eigenvalue weighted by atomic mass is 35.5. The van der Waals surface area contributed by atoms with Crippen LogP contribution in [0.15, 0.2) is 0 Å². The van der Waals surface area contributed by atoms with E-state index >= 15 is 0 Å². The van der Waals surface area contributed by atoms with Gasteiger partial charge in [0, 0.05) is 13.0 Å². The molecule has 2 rings (SSSR count). The Morgan fingerprint density at radius 2 is 1.52 bits per heavy atom. The van der Waals surface area contributed by atoms with Gasteiger partial charge in [-0.3, -0.25) is 14.5 Å². The van der Waals surface area contributed by atoms with E-state index in [9.17, 15) is 19.8 Å². The molecule has 8 nitrogen and oxygen atoms in total. The lowest BCUT2D eigenvalue weighted by atomic mass is 9.92. The second-order valence-electron chi connectivity index (χ2n) is 13.2. The summed E-state index contributed by atoms with van der Waals surface area (Å²) in [4.78, 5) is 28.0. The first-order valence-electron chi connectivity index (χ1n) is 17.5. The molecule has 9 atom stereocenters. The standard InChI is InChI=1S/C34H63ClN2O6S/c1-6-8-9-10-11-12-13-14-15-16-17-18-19-21-27(38)42-32-30(40)29(39)31(43-34(32)44-5)28(24(3)35)36-33(41)26-22-25(20-7-2)23-37(26)4/h24-26,28-32,34,39-40H,6-23H2,1-5H3,(H,36,41)/t24?,25?,26-,28?,29+,30-,31?,32+,34+/m0/s1. The summed E-state index contributed by atoms with van der Waals surface area (Å²) in [5.74, 6) is -0.0742. The number of aliphatic hydroxyl groups excluding tert-OH is 2. The number of alkyl halides is 1. The molecule has 0 saturated carbocycles. The number of amides is 1. The van der Waals surface area contributed by atoms with Gasteiger partial charge >= 0.3 is 5.97 Å². The Morgan fingerprint density at radius 3 is 2.05 bits per heavy atom. The van der Waals surface area contributed by atoms with Crippen molar-refractivity contribution in [3.63, 3.8) is 0 Å². The molecule has 2 saturated heterocycles. The second kappa shape index (κ2) is 22.1. The van der Waals surface area contributed by atoms with E-state index in [4.69, 9.17) is 21.1 Å². The molecule has 2 aliphatic heterocycles. The lowest BCUT2D eigenvalue weighted by Gasteiger charge is -2.45. The highest BCUT2D eigenvalue weighted by Gasteiger charge is 2.50. The lowest BCUT2D eigenvalue weighted by molar-refractivity contribution is -0.218. The molecular weight excluding hydrogens is 600 g/mol. The number of halogens is 1. The van der Waals surface area contributed by atoms with Crippen molar-refractivity contribution in [2.45, 2.75) is 177 Å². The van der Waals surface area contributed by atoms with Gasteiger partial charge in [0.05, 0.1) is 17.5 Å². The fourth-order valence-electron chi connectivity index (χ4n) is 6.72. The molecule has 0 aromatic heterocycles. The molecule has 2 aliphatic rings. The maximum Gasteiger partial charge on any atom is 0.306 e. The van der Waals surface area contributed by atoms with Crippen molar-refractivity contribution in [3.8, 4) is 0 Å². The number of aliphatic hydroxyl groups is 2. The Kier molecular flexibility index (Phi) is 19.9. The van der Waals surface area contributed by atoms with E-state index in [0.717, 1.165) is 45.1 Å². The number of carbonyl (C=O) groups is 2. The summed E-state index contributed by atoms with van der Waals surface area (Å²) in [7, 11) is 1.95. The molecule has 258 valence electrons. The van der Waals surface area contributed by atoms with Crippen LogP contribution in [0.1, 0.15) is 130 Å². The van der Waals surface area contributed by atoms with Crippen molar-refractivity contribution in [2.75, 3.05) is 19.8 Å². The largest absolute Gasteiger partial charge is 0.456 e. The highest BCUT2D eigenvalue weighted by Crippen LogP contribution is 2.33. The Balaban J connectivity index is 1.76. The summed E-state index contributed by atoms with van der Waals surface area (Å²) in [6, 6.07) is -1.00. The molecule has 0 aromatic rings. The monoisotopic (exact) mass is 662 g/mol. The average molecular weight is 663 g/mol. The fourth-order valence-corrected chi connectivity index (χ4v) is 7.65. The molecule has 0 spiro atoms. The predicted molar refractivity (Wildman–Crippen MR) is 181 cm³/mol. The molecule has 44 heavy (non-hydrogen) atoms. The number of hydrogen-bond acceptors (Lipinski definition) is 8. The van der Waals surface area contributed by atoms with Gasteiger partial charge < -0.3 is 25.0 Å². The van der Waals surface area contributed by atoms with Crippen LogP contribution < -0.4 is 5.32 Å². The molecule has 4 unspecified atom stereocenters. The van der Waals surface area contributed by atoms with Gasteiger partial charge in [-0.15, -0.1) is 23.4 Å². The predicted octanol–water partition coefficient (Wildman–Crippen LogP) is 6.42. The van der Waals surface area contributed by atoms with Gasteiger partial charge in [-0.05, 0) is 45.4 Å². The van der Waals surface area contributed by atoms with Crippen molar-refractivity contribution >= 4 is 35.2 Å². The molecule has 2 heterocycles. The van der Waals surface area contributed by atoms with Crippen LogP contribution in [-0.2, 0) is 19.1 Å². The van der Waals surface area contributed by atoms with Gasteiger partial charge in [-0.2, -0.15) is 0 Å². The summed E-state index contributed by atoms with van der Waals surface area (Å²) >= 11 is 7.82. The summed E-state index contributed by atoms with van der Waals surface area (Å²) < 4.78 is 11.9. The molecule has 0 aliphatic carbocycles. The van der Waals surface area contributed by atoms with Crippen LogP contribution >= 0.6 is 23.4 Å². The summed E-state index contributed by atoms with van der Waals surface area (Å²) in [6.45, 7) is 7.01. The third-order valence-corrected chi connectivity index (χ3v) is 10.5. The maximum absolute atomic E-state index is 13.3. The number of rotatable bonds is 22. The summed E-state index contributed by atoms with van der Waals surface area (Å²) in [5, 5.41) is 24.6. The van der Waals surface area contributed by atoms with Crippen molar-refractivity contribution in [2.24, 2.45) is 5.92 Å². The van der Waals surface area contributed by atoms with Gasteiger partial charge in [-0.25, -0.2) is 0 Å². The third-order valence-electron chi connectivity index (χ3n) is 9.36. The zero-order valence-electron chi connectivity index (χ0n) is 28.2. The first kappa shape index (κ1) is 39.6. The minimum atomic E-state index is -1.38. The molecule has 10 heteroatoms. The lowest BCUT2D eigenvalue weighted by Crippen LogP contribution is -2.65. The number of nitrogens with zero attached hydrogens (tertiary/aromatic N) is 1. The van der Waals surface area contributed by atoms with E-state index in [2.05, 4.69) is 24.1 Å². The number of carbonyl (C=O) groups excluding carboxylic acids is 2. The first-order chi connectivity index (χ1) is 21.1. The Labute approximate surface area is 277 Å². The van der Waals surface area contributed by atoms with Crippen LogP contribution in [0.25, 0.3) is 0 Å². The topological polar surface area (TPSA) is 108 Å². The Morgan fingerprint density at radius 1 is 0.955 bits per heavy atom. The van der Waals surface area contributed by atoms with E-state index < -0.39 is 47.2 Å². The smallest absolute Gasteiger partial charge is 0.306 e. The van der Waals surface area contributed by atoms with E-state index in [1.165, 1.54) is 76.0 Å². The quantitative estimate of drug-likeness (QED) is 0.0693. The van der Waals surface area contributed by atoms with Crippen LogP contribution in [0.2, 0.25) is 0 Å². The van der Waals surface area contributed by atoms with E-state index in [1.54, 1.807) is 13.2 Å². The number of nitrogens with one attached hydrogen (secondary N) is 1. The number of esters is 1. The van der Waals surface area contributed by atoms with Crippen LogP contribution in [-0.4, -0.2) is 94.2 Å².